The number of nitrogens with one attached hydrogen (secondary N) is 2. The molecule has 5 rings (SSSR count). The van der Waals surface area contributed by atoms with Crippen LogP contribution in [0.2, 0.25) is 0 Å². The number of fused-ring (bicyclic) bond motifs is 1. The van der Waals surface area contributed by atoms with Gasteiger partial charge in [-0.15, -0.1) is 0 Å². The highest BCUT2D eigenvalue weighted by atomic mass is 19.1. The Balaban J connectivity index is 1.51. The van der Waals surface area contributed by atoms with Gasteiger partial charge in [-0.3, -0.25) is 14.6 Å². The molecule has 0 bridgehead atoms. The molecule has 3 aromatic carbocycles. The summed E-state index contributed by atoms with van der Waals surface area (Å²) in [6.45, 7) is 0. The second kappa shape index (κ2) is 10.6. The predicted octanol–water partition coefficient (Wildman–Crippen LogP) is 5.25. The van der Waals surface area contributed by atoms with Crippen LogP contribution >= 0.6 is 0 Å². The first-order chi connectivity index (χ1) is 18.4. The summed E-state index contributed by atoms with van der Waals surface area (Å²) in [6, 6.07) is 20.5. The molecule has 0 unspecified atom stereocenters. The Morgan fingerprint density at radius 3 is 2.53 bits per heavy atom. The van der Waals surface area contributed by atoms with Crippen molar-refractivity contribution in [3.8, 4) is 11.1 Å². The molecule has 1 atom stereocenters. The minimum atomic E-state index is -0.720. The van der Waals surface area contributed by atoms with Crippen LogP contribution in [-0.2, 0) is 17.6 Å². The summed E-state index contributed by atoms with van der Waals surface area (Å²) in [6.07, 6.45) is 3.57. The summed E-state index contributed by atoms with van der Waals surface area (Å²) >= 11 is 0. The van der Waals surface area contributed by atoms with Crippen LogP contribution in [0.25, 0.3) is 22.0 Å². The first-order valence-electron chi connectivity index (χ1n) is 12.0. The zero-order chi connectivity index (χ0) is 26.6. The molecule has 0 aliphatic carbocycles. The van der Waals surface area contributed by atoms with Crippen LogP contribution in [0.5, 0.6) is 0 Å². The lowest BCUT2D eigenvalue weighted by atomic mass is 9.94. The van der Waals surface area contributed by atoms with Crippen molar-refractivity contribution in [2.24, 2.45) is 5.73 Å². The van der Waals surface area contributed by atoms with Crippen molar-refractivity contribution in [2.75, 3.05) is 0 Å². The van der Waals surface area contributed by atoms with Crippen LogP contribution in [0.15, 0.2) is 91.3 Å². The predicted molar refractivity (Wildman–Crippen MR) is 141 cm³/mol. The lowest BCUT2D eigenvalue weighted by Gasteiger charge is -2.22. The number of rotatable bonds is 8. The number of nitrogens with zero attached hydrogens (tertiary/aromatic N) is 1. The molecular formula is C30H24F2N4O2. The number of H-pyrrole nitrogens is 1. The summed E-state index contributed by atoms with van der Waals surface area (Å²) in [5.74, 6) is -2.27. The molecule has 2 amide bonds. The van der Waals surface area contributed by atoms with Crippen LogP contribution < -0.4 is 11.1 Å². The van der Waals surface area contributed by atoms with E-state index in [0.717, 1.165) is 22.5 Å². The van der Waals surface area contributed by atoms with E-state index < -0.39 is 23.6 Å². The molecule has 0 fully saturated rings. The first kappa shape index (κ1) is 24.8. The van der Waals surface area contributed by atoms with E-state index in [1.807, 2.05) is 30.3 Å². The van der Waals surface area contributed by atoms with Crippen molar-refractivity contribution >= 4 is 22.7 Å². The molecule has 0 saturated carbocycles. The van der Waals surface area contributed by atoms with Crippen molar-refractivity contribution in [3.05, 3.63) is 125 Å². The summed E-state index contributed by atoms with van der Waals surface area (Å²) in [5.41, 5.74) is 9.72. The summed E-state index contributed by atoms with van der Waals surface area (Å²) in [4.78, 5) is 32.8. The van der Waals surface area contributed by atoms with Crippen molar-refractivity contribution in [1.29, 1.82) is 0 Å². The fraction of sp³-hybridized carbons (Fsp3) is 0.100. The largest absolute Gasteiger partial charge is 0.366 e. The van der Waals surface area contributed by atoms with Crippen LogP contribution in [0, 0.1) is 11.6 Å². The van der Waals surface area contributed by atoms with Gasteiger partial charge in [-0.05, 0) is 59.5 Å². The van der Waals surface area contributed by atoms with Crippen molar-refractivity contribution in [3.63, 3.8) is 0 Å². The molecule has 2 aromatic heterocycles. The summed E-state index contributed by atoms with van der Waals surface area (Å²) < 4.78 is 28.0. The Bertz CT molecular complexity index is 1630. The van der Waals surface area contributed by atoms with E-state index in [1.54, 1.807) is 42.7 Å². The zero-order valence-corrected chi connectivity index (χ0v) is 20.2. The minimum Gasteiger partial charge on any atom is -0.366 e. The van der Waals surface area contributed by atoms with Gasteiger partial charge in [-0.1, -0.05) is 36.4 Å². The fourth-order valence-corrected chi connectivity index (χ4v) is 4.66. The van der Waals surface area contributed by atoms with E-state index >= 15 is 0 Å². The molecule has 190 valence electrons. The molecule has 0 spiro atoms. The zero-order valence-electron chi connectivity index (χ0n) is 20.2. The molecule has 38 heavy (non-hydrogen) atoms. The number of hydrogen-bond donors (Lipinski definition) is 3. The smallest absolute Gasteiger partial charge is 0.248 e. The monoisotopic (exact) mass is 510 g/mol. The third-order valence-corrected chi connectivity index (χ3v) is 6.35. The SMILES string of the molecule is NC(=O)c1cccc(-c2cccnc2[C@H](Cc2cc(F)cc(F)c2)NC(=O)Cc2c[nH]c3ccccc23)c1. The number of aromatic amines is 1. The van der Waals surface area contributed by atoms with Gasteiger partial charge in [0, 0.05) is 40.5 Å². The van der Waals surface area contributed by atoms with E-state index in [9.17, 15) is 18.4 Å². The lowest BCUT2D eigenvalue weighted by Crippen LogP contribution is -2.32. The molecule has 4 N–H and O–H groups in total. The molecule has 6 nitrogen and oxygen atoms in total. The van der Waals surface area contributed by atoms with Gasteiger partial charge >= 0.3 is 0 Å². The van der Waals surface area contributed by atoms with Gasteiger partial charge in [0.05, 0.1) is 18.2 Å². The van der Waals surface area contributed by atoms with E-state index in [2.05, 4.69) is 15.3 Å². The Kier molecular flexibility index (Phi) is 6.95. The van der Waals surface area contributed by atoms with Gasteiger partial charge in [0.15, 0.2) is 0 Å². The molecular weight excluding hydrogens is 486 g/mol. The topological polar surface area (TPSA) is 101 Å². The lowest BCUT2D eigenvalue weighted by molar-refractivity contribution is -0.121. The number of para-hydroxylation sites is 1. The van der Waals surface area contributed by atoms with Crippen molar-refractivity contribution in [1.82, 2.24) is 15.3 Å². The van der Waals surface area contributed by atoms with Gasteiger partial charge in [0.25, 0.3) is 0 Å². The van der Waals surface area contributed by atoms with E-state index in [4.69, 9.17) is 5.73 Å². The number of pyridine rings is 1. The van der Waals surface area contributed by atoms with Crippen LogP contribution in [-0.4, -0.2) is 21.8 Å². The second-order valence-corrected chi connectivity index (χ2v) is 9.02. The quantitative estimate of drug-likeness (QED) is 0.266. The van der Waals surface area contributed by atoms with Gasteiger partial charge < -0.3 is 16.0 Å². The maximum absolute atomic E-state index is 14.0. The third-order valence-electron chi connectivity index (χ3n) is 6.35. The molecule has 0 aliphatic rings. The Morgan fingerprint density at radius 2 is 1.74 bits per heavy atom. The average molecular weight is 511 g/mol. The van der Waals surface area contributed by atoms with Gasteiger partial charge in [0.1, 0.15) is 11.6 Å². The van der Waals surface area contributed by atoms with E-state index in [-0.39, 0.29) is 18.7 Å². The number of hydrogen-bond acceptors (Lipinski definition) is 3. The second-order valence-electron chi connectivity index (χ2n) is 9.02. The average Bonchev–Trinajstić information content (AvgIpc) is 3.30. The first-order valence-corrected chi connectivity index (χ1v) is 12.0. The summed E-state index contributed by atoms with van der Waals surface area (Å²) in [7, 11) is 0. The van der Waals surface area contributed by atoms with Gasteiger partial charge in [-0.2, -0.15) is 0 Å². The number of amides is 2. The number of carbonyl (C=O) groups is 2. The summed E-state index contributed by atoms with van der Waals surface area (Å²) in [5, 5.41) is 3.96. The van der Waals surface area contributed by atoms with Gasteiger partial charge in [0.2, 0.25) is 11.8 Å². The van der Waals surface area contributed by atoms with Crippen LogP contribution in [0.1, 0.15) is 33.2 Å². The maximum atomic E-state index is 14.0. The molecule has 8 heteroatoms. The third kappa shape index (κ3) is 5.44. The number of nitrogens with two attached hydrogens (primary N) is 1. The molecule has 5 aromatic rings. The van der Waals surface area contributed by atoms with Crippen LogP contribution in [0.3, 0.4) is 0 Å². The number of carbonyl (C=O) groups excluding carboxylic acids is 2. The Morgan fingerprint density at radius 1 is 0.947 bits per heavy atom. The Hall–Kier alpha value is -4.85. The fourth-order valence-electron chi connectivity index (χ4n) is 4.66. The van der Waals surface area contributed by atoms with E-state index in [1.165, 1.54) is 12.1 Å². The van der Waals surface area contributed by atoms with Crippen LogP contribution in [0.4, 0.5) is 8.78 Å². The Labute approximate surface area is 217 Å². The number of benzene rings is 3. The van der Waals surface area contributed by atoms with Crippen molar-refractivity contribution in [2.45, 2.75) is 18.9 Å². The van der Waals surface area contributed by atoms with E-state index in [0.29, 0.717) is 27.9 Å². The highest BCUT2D eigenvalue weighted by Crippen LogP contribution is 2.30. The number of halogens is 2. The molecule has 2 heterocycles. The molecule has 0 aliphatic heterocycles. The standard InChI is InChI=1S/C30H24F2N4O2/c31-22-11-18(12-23(32)16-22)13-27(36-28(37)15-21-17-35-26-9-2-1-7-24(21)26)29-25(8-4-10-34-29)19-5-3-6-20(14-19)30(33)38/h1-12,14,16-17,27,35H,13,15H2,(H2,33,38)(H,36,37)/t27-/m0/s1. The normalized spacial score (nSPS) is 11.8. The van der Waals surface area contributed by atoms with Gasteiger partial charge in [-0.25, -0.2) is 8.78 Å². The highest BCUT2D eigenvalue weighted by Gasteiger charge is 2.22. The maximum Gasteiger partial charge on any atom is 0.248 e. The molecule has 0 saturated heterocycles. The molecule has 0 radical (unpaired) electrons. The minimum absolute atomic E-state index is 0.0911. The number of primary amides is 1. The van der Waals surface area contributed by atoms with Crippen molar-refractivity contribution < 1.29 is 18.4 Å². The highest BCUT2D eigenvalue weighted by molar-refractivity contribution is 5.94. The number of aromatic nitrogens is 2.